The van der Waals surface area contributed by atoms with Crippen molar-refractivity contribution in [1.29, 1.82) is 0 Å². The Kier molecular flexibility index (Phi) is 6.16. The molecule has 0 N–H and O–H groups in total. The minimum Gasteiger partial charge on any atom is -0.493 e. The predicted molar refractivity (Wildman–Crippen MR) is 104 cm³/mol. The summed E-state index contributed by atoms with van der Waals surface area (Å²) in [5.74, 6) is -0.477. The summed E-state index contributed by atoms with van der Waals surface area (Å²) in [4.78, 5) is 24.6. The van der Waals surface area contributed by atoms with Crippen LogP contribution in [-0.2, 0) is 9.53 Å². The highest BCUT2D eigenvalue weighted by atomic mass is 35.5. The molecule has 0 fully saturated rings. The third kappa shape index (κ3) is 4.26. The Morgan fingerprint density at radius 1 is 1.14 bits per heavy atom. The Morgan fingerprint density at radius 3 is 2.57 bits per heavy atom. The van der Waals surface area contributed by atoms with Gasteiger partial charge in [0.1, 0.15) is 0 Å². The molecule has 0 atom stereocenters. The van der Waals surface area contributed by atoms with Crippen molar-refractivity contribution < 1.29 is 23.8 Å². The van der Waals surface area contributed by atoms with Gasteiger partial charge in [0, 0.05) is 6.42 Å². The van der Waals surface area contributed by atoms with Crippen LogP contribution in [0.1, 0.15) is 22.3 Å². The number of carbonyl (C=O) groups is 2. The summed E-state index contributed by atoms with van der Waals surface area (Å²) in [7, 11) is 2.88. The first-order chi connectivity index (χ1) is 13.5. The maximum absolute atomic E-state index is 12.3. The Hall–Kier alpha value is -3.06. The molecule has 1 heterocycles. The van der Waals surface area contributed by atoms with Gasteiger partial charge in [0.15, 0.2) is 18.1 Å². The molecule has 8 heteroatoms. The Morgan fingerprint density at radius 2 is 1.89 bits per heavy atom. The molecule has 0 spiro atoms. The molecule has 0 radical (unpaired) electrons. The zero-order valence-electron chi connectivity index (χ0n) is 15.5. The van der Waals surface area contributed by atoms with Crippen LogP contribution < -0.4 is 9.47 Å². The molecule has 0 unspecified atom stereocenters. The maximum Gasteiger partial charge on any atom is 0.338 e. The second-order valence-corrected chi connectivity index (χ2v) is 6.36. The van der Waals surface area contributed by atoms with Crippen LogP contribution in [0.25, 0.3) is 0 Å². The van der Waals surface area contributed by atoms with E-state index in [1.165, 1.54) is 31.4 Å². The van der Waals surface area contributed by atoms with Crippen molar-refractivity contribution in [2.45, 2.75) is 6.42 Å². The van der Waals surface area contributed by atoms with Gasteiger partial charge in [-0.3, -0.25) is 4.79 Å². The van der Waals surface area contributed by atoms with Gasteiger partial charge in [-0.15, -0.1) is 0 Å². The van der Waals surface area contributed by atoms with Gasteiger partial charge in [-0.2, -0.15) is 5.10 Å². The summed E-state index contributed by atoms with van der Waals surface area (Å²) in [5, 5.41) is 5.85. The third-order valence-corrected chi connectivity index (χ3v) is 4.47. The van der Waals surface area contributed by atoms with Crippen LogP contribution >= 0.6 is 11.6 Å². The molecule has 2 aromatic rings. The van der Waals surface area contributed by atoms with Crippen molar-refractivity contribution in [2.75, 3.05) is 27.4 Å². The molecule has 146 valence electrons. The van der Waals surface area contributed by atoms with E-state index in [1.807, 2.05) is 30.3 Å². The standard InChI is InChI=1S/C20H19ClN2O5/c1-26-17-11-14(10-15(21)19(17)27-2)20(25)28-12-18(24)23-9-8-16(22-23)13-6-4-3-5-7-13/h3-7,10-11H,8-9,12H2,1-2H3. The molecule has 7 nitrogen and oxygen atoms in total. The van der Waals surface area contributed by atoms with Gasteiger partial charge in [0.05, 0.1) is 37.1 Å². The summed E-state index contributed by atoms with van der Waals surface area (Å²) in [6.45, 7) is 0.0269. The van der Waals surface area contributed by atoms with E-state index in [1.54, 1.807) is 0 Å². The molecule has 0 aromatic heterocycles. The highest BCUT2D eigenvalue weighted by Gasteiger charge is 2.23. The number of ether oxygens (including phenoxy) is 3. The average Bonchev–Trinajstić information content (AvgIpc) is 3.22. The fourth-order valence-corrected chi connectivity index (χ4v) is 3.08. The molecule has 0 aliphatic carbocycles. The zero-order chi connectivity index (χ0) is 20.1. The van der Waals surface area contributed by atoms with Crippen molar-refractivity contribution >= 4 is 29.2 Å². The topological polar surface area (TPSA) is 77.4 Å². The van der Waals surface area contributed by atoms with E-state index in [4.69, 9.17) is 25.8 Å². The van der Waals surface area contributed by atoms with Crippen LogP contribution in [0, 0.1) is 0 Å². The molecular weight excluding hydrogens is 384 g/mol. The highest BCUT2D eigenvalue weighted by Crippen LogP contribution is 2.36. The van der Waals surface area contributed by atoms with Gasteiger partial charge in [0.2, 0.25) is 0 Å². The lowest BCUT2D eigenvalue weighted by molar-refractivity contribution is -0.134. The molecule has 1 amide bonds. The molecular formula is C20H19ClN2O5. The van der Waals surface area contributed by atoms with Gasteiger partial charge < -0.3 is 14.2 Å². The number of benzene rings is 2. The molecule has 0 saturated carbocycles. The molecule has 0 saturated heterocycles. The highest BCUT2D eigenvalue weighted by molar-refractivity contribution is 6.32. The predicted octanol–water partition coefficient (Wildman–Crippen LogP) is 3.15. The fraction of sp³-hybridized carbons (Fsp3) is 0.250. The Bertz CT molecular complexity index is 914. The number of halogens is 1. The quantitative estimate of drug-likeness (QED) is 0.693. The lowest BCUT2D eigenvalue weighted by atomic mass is 10.1. The SMILES string of the molecule is COc1cc(C(=O)OCC(=O)N2CCC(c3ccccc3)=N2)cc(Cl)c1OC. The second-order valence-electron chi connectivity index (χ2n) is 5.95. The van der Waals surface area contributed by atoms with E-state index in [9.17, 15) is 9.59 Å². The van der Waals surface area contributed by atoms with E-state index in [2.05, 4.69) is 5.10 Å². The zero-order valence-corrected chi connectivity index (χ0v) is 16.2. The van der Waals surface area contributed by atoms with E-state index < -0.39 is 18.5 Å². The summed E-state index contributed by atoms with van der Waals surface area (Å²) < 4.78 is 15.4. The van der Waals surface area contributed by atoms with Crippen LogP contribution in [0.3, 0.4) is 0 Å². The summed E-state index contributed by atoms with van der Waals surface area (Å²) in [6.07, 6.45) is 0.648. The van der Waals surface area contributed by atoms with E-state index in [0.717, 1.165) is 11.3 Å². The van der Waals surface area contributed by atoms with Crippen LogP contribution in [0.4, 0.5) is 0 Å². The van der Waals surface area contributed by atoms with Crippen molar-refractivity contribution in [3.05, 3.63) is 58.6 Å². The van der Waals surface area contributed by atoms with Crippen molar-refractivity contribution in [1.82, 2.24) is 5.01 Å². The lowest BCUT2D eigenvalue weighted by Crippen LogP contribution is -2.28. The minimum atomic E-state index is -0.692. The van der Waals surface area contributed by atoms with E-state index in [0.29, 0.717) is 24.5 Å². The van der Waals surface area contributed by atoms with Crippen LogP contribution in [0.2, 0.25) is 5.02 Å². The third-order valence-electron chi connectivity index (χ3n) is 4.19. The second kappa shape index (κ2) is 8.75. The Labute approximate surface area is 167 Å². The first-order valence-electron chi connectivity index (χ1n) is 8.55. The number of amides is 1. The van der Waals surface area contributed by atoms with Gasteiger partial charge in [-0.1, -0.05) is 41.9 Å². The van der Waals surface area contributed by atoms with E-state index in [-0.39, 0.29) is 10.6 Å². The fourth-order valence-electron chi connectivity index (χ4n) is 2.79. The number of nitrogens with zero attached hydrogens (tertiary/aromatic N) is 2. The number of hydrazone groups is 1. The molecule has 3 rings (SSSR count). The maximum atomic E-state index is 12.3. The van der Waals surface area contributed by atoms with Gasteiger partial charge in [0.25, 0.3) is 5.91 Å². The smallest absolute Gasteiger partial charge is 0.338 e. The molecule has 1 aliphatic rings. The molecule has 2 aromatic carbocycles. The number of rotatable bonds is 6. The lowest BCUT2D eigenvalue weighted by Gasteiger charge is -2.13. The largest absolute Gasteiger partial charge is 0.493 e. The normalized spacial score (nSPS) is 13.1. The van der Waals surface area contributed by atoms with Gasteiger partial charge in [-0.25, -0.2) is 9.80 Å². The Balaban J connectivity index is 1.63. The van der Waals surface area contributed by atoms with Crippen LogP contribution in [0.15, 0.2) is 47.6 Å². The van der Waals surface area contributed by atoms with E-state index >= 15 is 0 Å². The summed E-state index contributed by atoms with van der Waals surface area (Å²) in [6, 6.07) is 12.5. The molecule has 28 heavy (non-hydrogen) atoms. The van der Waals surface area contributed by atoms with Crippen molar-refractivity contribution in [2.24, 2.45) is 5.10 Å². The van der Waals surface area contributed by atoms with Gasteiger partial charge >= 0.3 is 5.97 Å². The minimum absolute atomic E-state index is 0.158. The van der Waals surface area contributed by atoms with Crippen LogP contribution in [0.5, 0.6) is 11.5 Å². The number of esters is 1. The summed E-state index contributed by atoms with van der Waals surface area (Å²) in [5.41, 5.74) is 1.95. The number of methoxy groups -OCH3 is 2. The first kappa shape index (κ1) is 19.7. The number of hydrogen-bond donors (Lipinski definition) is 0. The number of hydrogen-bond acceptors (Lipinski definition) is 6. The van der Waals surface area contributed by atoms with Gasteiger partial charge in [-0.05, 0) is 17.7 Å². The average molecular weight is 403 g/mol. The van der Waals surface area contributed by atoms with Crippen LogP contribution in [-0.4, -0.2) is 50.0 Å². The van der Waals surface area contributed by atoms with Crippen molar-refractivity contribution in [3.8, 4) is 11.5 Å². The first-order valence-corrected chi connectivity index (χ1v) is 8.93. The van der Waals surface area contributed by atoms with Crippen molar-refractivity contribution in [3.63, 3.8) is 0 Å². The molecule has 1 aliphatic heterocycles. The summed E-state index contributed by atoms with van der Waals surface area (Å²) >= 11 is 6.09. The monoisotopic (exact) mass is 402 g/mol. The number of carbonyl (C=O) groups excluding carboxylic acids is 2. The molecule has 0 bridgehead atoms.